The second kappa shape index (κ2) is 12.8. The van der Waals surface area contributed by atoms with E-state index in [1.54, 1.807) is 11.4 Å². The molecule has 0 unspecified atom stereocenters. The summed E-state index contributed by atoms with van der Waals surface area (Å²) in [6.07, 6.45) is 0.975. The normalized spacial score (nSPS) is 16.1. The van der Waals surface area contributed by atoms with Crippen LogP contribution < -0.4 is 5.32 Å². The van der Waals surface area contributed by atoms with Crippen molar-refractivity contribution in [3.8, 4) is 0 Å². The standard InChI is InChI=1S/C19H36N6O3S.HI/c1-16(2)28-13-14-29(26,27)24-11-9-23(10-12-24)19(20-5)21-7-6-8-25-18(4)15-17(3)22-25;/h15-16H,6-14H2,1-5H3,(H,20,21);1H. The molecule has 0 aromatic carbocycles. The Morgan fingerprint density at radius 1 is 1.27 bits per heavy atom. The number of halogens is 1. The third kappa shape index (κ3) is 8.31. The average molecular weight is 557 g/mol. The summed E-state index contributed by atoms with van der Waals surface area (Å²) in [6.45, 7) is 11.9. The van der Waals surface area contributed by atoms with E-state index in [1.807, 2.05) is 25.5 Å². The second-order valence-corrected chi connectivity index (χ2v) is 9.69. The second-order valence-electron chi connectivity index (χ2n) is 7.60. The van der Waals surface area contributed by atoms with Gasteiger partial charge in [0.1, 0.15) is 0 Å². The lowest BCUT2D eigenvalue weighted by Gasteiger charge is -2.35. The number of guanidine groups is 1. The van der Waals surface area contributed by atoms with Gasteiger partial charge >= 0.3 is 0 Å². The van der Waals surface area contributed by atoms with Crippen molar-refractivity contribution in [1.29, 1.82) is 0 Å². The van der Waals surface area contributed by atoms with Gasteiger partial charge in [-0.3, -0.25) is 9.67 Å². The largest absolute Gasteiger partial charge is 0.378 e. The number of rotatable bonds is 9. The summed E-state index contributed by atoms with van der Waals surface area (Å²) in [5, 5.41) is 7.86. The summed E-state index contributed by atoms with van der Waals surface area (Å²) in [6, 6.07) is 2.08. The van der Waals surface area contributed by atoms with Crippen LogP contribution in [0.5, 0.6) is 0 Å². The third-order valence-corrected chi connectivity index (χ3v) is 6.70. The van der Waals surface area contributed by atoms with Gasteiger partial charge in [-0.15, -0.1) is 24.0 Å². The first kappa shape index (κ1) is 27.1. The lowest BCUT2D eigenvalue weighted by molar-refractivity contribution is 0.0904. The molecule has 0 radical (unpaired) electrons. The van der Waals surface area contributed by atoms with Crippen molar-refractivity contribution in [1.82, 2.24) is 24.3 Å². The minimum Gasteiger partial charge on any atom is -0.378 e. The Morgan fingerprint density at radius 2 is 1.93 bits per heavy atom. The molecule has 0 spiro atoms. The molecule has 2 rings (SSSR count). The maximum Gasteiger partial charge on any atom is 0.216 e. The van der Waals surface area contributed by atoms with Gasteiger partial charge in [0.15, 0.2) is 5.96 Å². The monoisotopic (exact) mass is 556 g/mol. The number of piperazine rings is 1. The molecule has 11 heteroatoms. The first-order chi connectivity index (χ1) is 13.7. The smallest absolute Gasteiger partial charge is 0.216 e. The van der Waals surface area contributed by atoms with Crippen LogP contribution in [-0.2, 0) is 21.3 Å². The zero-order valence-electron chi connectivity index (χ0n) is 18.8. The van der Waals surface area contributed by atoms with E-state index in [2.05, 4.69) is 33.3 Å². The average Bonchev–Trinajstić information content (AvgIpc) is 2.98. The number of aliphatic imine (C=N–C) groups is 1. The summed E-state index contributed by atoms with van der Waals surface area (Å²) >= 11 is 0. The van der Waals surface area contributed by atoms with Crippen molar-refractivity contribution in [3.05, 3.63) is 17.5 Å². The number of hydrogen-bond donors (Lipinski definition) is 1. The van der Waals surface area contributed by atoms with Crippen molar-refractivity contribution in [2.45, 2.75) is 46.8 Å². The lowest BCUT2D eigenvalue weighted by Crippen LogP contribution is -2.54. The van der Waals surface area contributed by atoms with Gasteiger partial charge in [-0.2, -0.15) is 9.40 Å². The molecule has 1 N–H and O–H groups in total. The van der Waals surface area contributed by atoms with E-state index < -0.39 is 10.0 Å². The highest BCUT2D eigenvalue weighted by Gasteiger charge is 2.27. The molecular weight excluding hydrogens is 519 g/mol. The van der Waals surface area contributed by atoms with Crippen molar-refractivity contribution >= 4 is 40.0 Å². The number of hydrogen-bond acceptors (Lipinski definition) is 5. The minimum atomic E-state index is -3.28. The van der Waals surface area contributed by atoms with Gasteiger partial charge in [-0.1, -0.05) is 0 Å². The van der Waals surface area contributed by atoms with Crippen LogP contribution in [0.2, 0.25) is 0 Å². The molecule has 1 aromatic heterocycles. The predicted octanol–water partition coefficient (Wildman–Crippen LogP) is 1.46. The molecule has 174 valence electrons. The molecule has 0 bridgehead atoms. The highest BCUT2D eigenvalue weighted by atomic mass is 127. The quantitative estimate of drug-likeness (QED) is 0.214. The molecular formula is C19H37IN6O3S. The van der Waals surface area contributed by atoms with Gasteiger partial charge in [0, 0.05) is 52.0 Å². The van der Waals surface area contributed by atoms with Crippen LogP contribution in [0.1, 0.15) is 31.7 Å². The molecule has 1 aromatic rings. The number of ether oxygens (including phenoxy) is 1. The molecule has 0 aliphatic carbocycles. The first-order valence-corrected chi connectivity index (χ1v) is 11.9. The van der Waals surface area contributed by atoms with Gasteiger partial charge in [0.2, 0.25) is 10.0 Å². The summed E-state index contributed by atoms with van der Waals surface area (Å²) in [4.78, 5) is 6.47. The van der Waals surface area contributed by atoms with E-state index in [0.717, 1.165) is 31.2 Å². The molecule has 1 aliphatic rings. The summed E-state index contributed by atoms with van der Waals surface area (Å²) in [7, 11) is -1.52. The molecule has 1 saturated heterocycles. The van der Waals surface area contributed by atoms with E-state index in [-0.39, 0.29) is 42.4 Å². The number of aromatic nitrogens is 2. The SMILES string of the molecule is CN=C(NCCCn1nc(C)cc1C)N1CCN(S(=O)(=O)CCOC(C)C)CC1.I. The van der Waals surface area contributed by atoms with Gasteiger partial charge in [-0.25, -0.2) is 8.42 Å². The van der Waals surface area contributed by atoms with Crippen LogP contribution in [0, 0.1) is 13.8 Å². The number of nitrogens with one attached hydrogen (secondary N) is 1. The fourth-order valence-electron chi connectivity index (χ4n) is 3.36. The predicted molar refractivity (Wildman–Crippen MR) is 131 cm³/mol. The van der Waals surface area contributed by atoms with Crippen LogP contribution in [0.15, 0.2) is 11.1 Å². The highest BCUT2D eigenvalue weighted by Crippen LogP contribution is 2.09. The summed E-state index contributed by atoms with van der Waals surface area (Å²) in [5.41, 5.74) is 2.21. The van der Waals surface area contributed by atoms with Crippen LogP contribution in [0.3, 0.4) is 0 Å². The maximum absolute atomic E-state index is 12.5. The Hall–Kier alpha value is -0.920. The van der Waals surface area contributed by atoms with E-state index in [4.69, 9.17) is 4.74 Å². The molecule has 1 aliphatic heterocycles. The topological polar surface area (TPSA) is 92.1 Å². The molecule has 1 fully saturated rings. The molecule has 0 saturated carbocycles. The third-order valence-electron chi connectivity index (χ3n) is 4.87. The molecule has 2 heterocycles. The van der Waals surface area contributed by atoms with Crippen LogP contribution in [-0.4, -0.2) is 91.6 Å². The molecule has 9 nitrogen and oxygen atoms in total. The van der Waals surface area contributed by atoms with Gasteiger partial charge < -0.3 is 15.0 Å². The zero-order valence-corrected chi connectivity index (χ0v) is 21.9. The van der Waals surface area contributed by atoms with Crippen molar-refractivity contribution in [3.63, 3.8) is 0 Å². The van der Waals surface area contributed by atoms with E-state index >= 15 is 0 Å². The maximum atomic E-state index is 12.5. The first-order valence-electron chi connectivity index (χ1n) is 10.3. The van der Waals surface area contributed by atoms with Gasteiger partial charge in [0.25, 0.3) is 0 Å². The molecule has 0 amide bonds. The van der Waals surface area contributed by atoms with E-state index in [9.17, 15) is 8.42 Å². The highest BCUT2D eigenvalue weighted by molar-refractivity contribution is 14.0. The Balaban J connectivity index is 0.00000450. The minimum absolute atomic E-state index is 0. The fourth-order valence-corrected chi connectivity index (χ4v) is 4.64. The van der Waals surface area contributed by atoms with E-state index in [1.165, 1.54) is 5.69 Å². The van der Waals surface area contributed by atoms with Crippen LogP contribution in [0.25, 0.3) is 0 Å². The van der Waals surface area contributed by atoms with Gasteiger partial charge in [-0.05, 0) is 40.2 Å². The van der Waals surface area contributed by atoms with Gasteiger partial charge in [0.05, 0.1) is 24.2 Å². The van der Waals surface area contributed by atoms with Crippen molar-refractivity contribution in [2.24, 2.45) is 4.99 Å². The summed E-state index contributed by atoms with van der Waals surface area (Å²) in [5.74, 6) is 0.850. The Labute approximate surface area is 198 Å². The van der Waals surface area contributed by atoms with Crippen molar-refractivity contribution < 1.29 is 13.2 Å². The number of nitrogens with zero attached hydrogens (tertiary/aromatic N) is 5. The number of aryl methyl sites for hydroxylation is 3. The Morgan fingerprint density at radius 3 is 2.47 bits per heavy atom. The van der Waals surface area contributed by atoms with E-state index in [0.29, 0.717) is 26.2 Å². The summed E-state index contributed by atoms with van der Waals surface area (Å²) < 4.78 is 33.9. The molecule has 0 atom stereocenters. The van der Waals surface area contributed by atoms with Crippen LogP contribution >= 0.6 is 24.0 Å². The Bertz CT molecular complexity index is 773. The fraction of sp³-hybridized carbons (Fsp3) is 0.789. The number of sulfonamides is 1. The van der Waals surface area contributed by atoms with Crippen molar-refractivity contribution in [2.75, 3.05) is 52.1 Å². The molecule has 30 heavy (non-hydrogen) atoms. The zero-order chi connectivity index (χ0) is 21.4. The lowest BCUT2D eigenvalue weighted by atomic mass is 10.3. The Kier molecular flexibility index (Phi) is 11.6. The van der Waals surface area contributed by atoms with Crippen LogP contribution in [0.4, 0.5) is 0 Å².